The highest BCUT2D eigenvalue weighted by Crippen LogP contribution is 2.53. The second kappa shape index (κ2) is 9.70. The number of nitrogens with zero attached hydrogens (tertiary/aromatic N) is 4. The van der Waals surface area contributed by atoms with Crippen LogP contribution in [0.5, 0.6) is 0 Å². The highest BCUT2D eigenvalue weighted by molar-refractivity contribution is 6.34. The molecule has 3 aliphatic rings. The number of anilines is 1. The van der Waals surface area contributed by atoms with Crippen LogP contribution < -0.4 is 16.0 Å². The molecular formula is C24H22Cl2F5N7O2. The van der Waals surface area contributed by atoms with E-state index in [1.54, 1.807) is 0 Å². The Morgan fingerprint density at radius 2 is 1.85 bits per heavy atom. The molecule has 1 aromatic carbocycles. The largest absolute Gasteiger partial charge is 0.435 e. The zero-order chi connectivity index (χ0) is 27.9. The standard InChI is InChI=1S/C24H21ClF5N7O2.ClH/c1-36-16(14-9-37(17-5-23(17,26)27)35-19(14)24(28,29)30)8-32-20(36)22(39)33-10-2-3-11(15(25)4-10)21(38)34-18-12-6-31-7-13(12)18;/h2-4,8-9,12-13,17-18,31H,5-7H2,1H3,(H,33,39)(H,34,38);1H/t12-,13+,17-,18+;/m1./s1. The molecule has 0 bridgehead atoms. The molecule has 3 N–H and O–H groups in total. The Morgan fingerprint density at radius 1 is 1.18 bits per heavy atom. The maximum Gasteiger partial charge on any atom is 0.435 e. The Hall–Kier alpha value is -3.23. The Balaban J connectivity index is 0.00000323. The Labute approximate surface area is 234 Å². The first-order valence-corrected chi connectivity index (χ1v) is 12.4. The summed E-state index contributed by atoms with van der Waals surface area (Å²) in [6.07, 6.45) is -3.59. The van der Waals surface area contributed by atoms with Crippen molar-refractivity contribution < 1.29 is 31.5 Å². The number of fused-ring (bicyclic) bond motifs is 1. The van der Waals surface area contributed by atoms with Gasteiger partial charge in [-0.1, -0.05) is 11.6 Å². The molecule has 40 heavy (non-hydrogen) atoms. The molecule has 0 unspecified atom stereocenters. The number of halogens is 7. The summed E-state index contributed by atoms with van der Waals surface area (Å²) in [6, 6.07) is 2.97. The SMILES string of the molecule is Cl.Cn1c(-c2cn([C@@H]3CC3(F)F)nc2C(F)(F)F)cnc1C(=O)Nc1ccc(C(=O)N[C@H]2[C@@H]3CNC[C@@H]32)c(Cl)c1. The predicted octanol–water partition coefficient (Wildman–Crippen LogP) is 4.16. The second-order valence-corrected chi connectivity index (χ2v) is 10.4. The van der Waals surface area contributed by atoms with Crippen molar-refractivity contribution >= 4 is 41.5 Å². The number of amides is 2. The average Bonchev–Trinajstić information content (AvgIpc) is 3.38. The first-order chi connectivity index (χ1) is 18.3. The number of alkyl halides is 5. The predicted molar refractivity (Wildman–Crippen MR) is 136 cm³/mol. The number of carbonyl (C=O) groups excluding carboxylic acids is 2. The minimum Gasteiger partial charge on any atom is -0.349 e. The van der Waals surface area contributed by atoms with E-state index in [2.05, 4.69) is 26.0 Å². The summed E-state index contributed by atoms with van der Waals surface area (Å²) in [5.41, 5.74) is -1.49. The lowest BCUT2D eigenvalue weighted by Crippen LogP contribution is -2.32. The zero-order valence-corrected chi connectivity index (χ0v) is 22.2. The van der Waals surface area contributed by atoms with Crippen LogP contribution >= 0.6 is 24.0 Å². The highest BCUT2D eigenvalue weighted by atomic mass is 35.5. The average molecular weight is 606 g/mol. The lowest BCUT2D eigenvalue weighted by molar-refractivity contribution is -0.141. The van der Waals surface area contributed by atoms with Crippen molar-refractivity contribution in [3.05, 3.63) is 52.7 Å². The van der Waals surface area contributed by atoms with Gasteiger partial charge in [-0.3, -0.25) is 14.3 Å². The summed E-state index contributed by atoms with van der Waals surface area (Å²) in [7, 11) is 1.32. The number of piperidine rings is 1. The summed E-state index contributed by atoms with van der Waals surface area (Å²) >= 11 is 6.29. The fraction of sp³-hybridized carbons (Fsp3) is 0.417. The van der Waals surface area contributed by atoms with Crippen LogP contribution in [0.1, 0.15) is 39.1 Å². The quantitative estimate of drug-likeness (QED) is 0.366. The molecule has 9 nitrogen and oxygen atoms in total. The van der Waals surface area contributed by atoms with Crippen LogP contribution in [0.25, 0.3) is 11.3 Å². The van der Waals surface area contributed by atoms with E-state index in [0.717, 1.165) is 30.1 Å². The van der Waals surface area contributed by atoms with Crippen molar-refractivity contribution in [1.82, 2.24) is 30.0 Å². The molecule has 2 aliphatic carbocycles. The number of benzene rings is 1. The van der Waals surface area contributed by atoms with E-state index in [9.17, 15) is 31.5 Å². The van der Waals surface area contributed by atoms with Gasteiger partial charge in [0.1, 0.15) is 6.04 Å². The van der Waals surface area contributed by atoms with Crippen molar-refractivity contribution in [2.45, 2.75) is 30.6 Å². The third-order valence-corrected chi connectivity index (χ3v) is 7.75. The topological polar surface area (TPSA) is 106 Å². The molecule has 6 rings (SSSR count). The number of hydrogen-bond acceptors (Lipinski definition) is 5. The first kappa shape index (κ1) is 28.3. The summed E-state index contributed by atoms with van der Waals surface area (Å²) in [5.74, 6) is -3.61. The molecule has 2 amide bonds. The van der Waals surface area contributed by atoms with Gasteiger partial charge in [-0.15, -0.1) is 12.4 Å². The lowest BCUT2D eigenvalue weighted by Gasteiger charge is -2.11. The van der Waals surface area contributed by atoms with Crippen LogP contribution in [-0.2, 0) is 13.2 Å². The van der Waals surface area contributed by atoms with E-state index in [4.69, 9.17) is 11.6 Å². The van der Waals surface area contributed by atoms with E-state index >= 15 is 0 Å². The van der Waals surface area contributed by atoms with Crippen LogP contribution in [-0.4, -0.2) is 56.2 Å². The fourth-order valence-corrected chi connectivity index (χ4v) is 5.40. The second-order valence-electron chi connectivity index (χ2n) is 10.0. The van der Waals surface area contributed by atoms with Crippen molar-refractivity contribution in [2.75, 3.05) is 18.4 Å². The zero-order valence-electron chi connectivity index (χ0n) is 20.6. The van der Waals surface area contributed by atoms with Gasteiger partial charge in [0.05, 0.1) is 28.0 Å². The third-order valence-electron chi connectivity index (χ3n) is 7.44. The van der Waals surface area contributed by atoms with Gasteiger partial charge in [0.25, 0.3) is 17.7 Å². The van der Waals surface area contributed by atoms with Gasteiger partial charge in [0.15, 0.2) is 11.5 Å². The molecule has 0 spiro atoms. The van der Waals surface area contributed by atoms with E-state index in [0.29, 0.717) is 16.5 Å². The molecular weight excluding hydrogens is 584 g/mol. The number of hydrogen-bond donors (Lipinski definition) is 3. The summed E-state index contributed by atoms with van der Waals surface area (Å²) in [6.45, 7) is 1.72. The molecule has 16 heteroatoms. The van der Waals surface area contributed by atoms with Crippen molar-refractivity contribution in [3.63, 3.8) is 0 Å². The molecule has 214 valence electrons. The van der Waals surface area contributed by atoms with Gasteiger partial charge in [-0.05, 0) is 30.0 Å². The van der Waals surface area contributed by atoms with E-state index < -0.39 is 41.7 Å². The molecule has 1 saturated heterocycles. The molecule has 4 atom stereocenters. The number of carbonyl (C=O) groups is 2. The van der Waals surface area contributed by atoms with E-state index in [1.807, 2.05) is 0 Å². The van der Waals surface area contributed by atoms with E-state index in [-0.39, 0.29) is 52.1 Å². The van der Waals surface area contributed by atoms with Crippen molar-refractivity contribution in [3.8, 4) is 11.3 Å². The van der Waals surface area contributed by atoms with Gasteiger partial charge in [0.2, 0.25) is 0 Å². The normalized spacial score (nSPS) is 24.2. The monoisotopic (exact) mass is 605 g/mol. The van der Waals surface area contributed by atoms with E-state index in [1.165, 1.54) is 25.2 Å². The highest BCUT2D eigenvalue weighted by Gasteiger charge is 2.59. The maximum atomic E-state index is 13.7. The molecule has 3 aromatic rings. The minimum absolute atomic E-state index is 0. The number of rotatable bonds is 6. The van der Waals surface area contributed by atoms with Gasteiger partial charge in [-0.25, -0.2) is 13.8 Å². The number of imidazole rings is 1. The van der Waals surface area contributed by atoms with Crippen LogP contribution in [0.15, 0.2) is 30.6 Å². The van der Waals surface area contributed by atoms with Crippen molar-refractivity contribution in [1.29, 1.82) is 0 Å². The molecule has 3 heterocycles. The van der Waals surface area contributed by atoms with Gasteiger partial charge in [-0.2, -0.15) is 18.3 Å². The Kier molecular flexibility index (Phi) is 6.86. The number of aromatic nitrogens is 4. The van der Waals surface area contributed by atoms with Crippen molar-refractivity contribution in [2.24, 2.45) is 18.9 Å². The lowest BCUT2D eigenvalue weighted by atomic mass is 10.2. The van der Waals surface area contributed by atoms with Gasteiger partial charge in [0, 0.05) is 44.5 Å². The molecule has 1 aliphatic heterocycles. The minimum atomic E-state index is -4.92. The Bertz CT molecular complexity index is 1500. The van der Waals surface area contributed by atoms with Crippen LogP contribution in [0.2, 0.25) is 5.02 Å². The summed E-state index contributed by atoms with van der Waals surface area (Å²) in [4.78, 5) is 29.5. The Morgan fingerprint density at radius 3 is 2.45 bits per heavy atom. The van der Waals surface area contributed by atoms with Crippen LogP contribution in [0, 0.1) is 11.8 Å². The first-order valence-electron chi connectivity index (χ1n) is 12.0. The fourth-order valence-electron chi connectivity index (χ4n) is 5.13. The van der Waals surface area contributed by atoms with Crippen LogP contribution in [0.3, 0.4) is 0 Å². The maximum absolute atomic E-state index is 13.7. The smallest absolute Gasteiger partial charge is 0.349 e. The summed E-state index contributed by atoms with van der Waals surface area (Å²) in [5, 5.41) is 12.2. The van der Waals surface area contributed by atoms with Gasteiger partial charge < -0.3 is 20.5 Å². The molecule has 2 saturated carbocycles. The summed E-state index contributed by atoms with van der Waals surface area (Å²) < 4.78 is 69.6. The third kappa shape index (κ3) is 4.92. The molecule has 3 fully saturated rings. The number of nitrogens with one attached hydrogen (secondary N) is 3. The molecule has 0 radical (unpaired) electrons. The van der Waals surface area contributed by atoms with Gasteiger partial charge >= 0.3 is 6.18 Å². The molecule has 2 aromatic heterocycles. The van der Waals surface area contributed by atoms with Crippen LogP contribution in [0.4, 0.5) is 27.6 Å².